The first-order chi connectivity index (χ1) is 18.6. The number of aliphatic hydroxyl groups excluding tert-OH is 1. The number of sulfonamides is 1. The fraction of sp³-hybridized carbons (Fsp3) is 0.300. The van der Waals surface area contributed by atoms with Crippen molar-refractivity contribution >= 4 is 27.4 Å². The molecule has 8 nitrogen and oxygen atoms in total. The number of carbonyl (C=O) groups is 1. The van der Waals surface area contributed by atoms with Gasteiger partial charge in [-0.2, -0.15) is 0 Å². The number of anilines is 2. The topological polar surface area (TPSA) is 96.4 Å². The molecule has 2 aliphatic rings. The molecule has 39 heavy (non-hydrogen) atoms. The highest BCUT2D eigenvalue weighted by atomic mass is 32.2. The van der Waals surface area contributed by atoms with E-state index in [9.17, 15) is 18.3 Å². The van der Waals surface area contributed by atoms with E-state index in [1.54, 1.807) is 49.4 Å². The van der Waals surface area contributed by atoms with Crippen LogP contribution in [0.5, 0.6) is 0 Å². The summed E-state index contributed by atoms with van der Waals surface area (Å²) in [6, 6.07) is 20.7. The number of hydrogen-bond acceptors (Lipinski definition) is 7. The van der Waals surface area contributed by atoms with Gasteiger partial charge in [0, 0.05) is 25.7 Å². The molecule has 3 aromatic rings. The van der Waals surface area contributed by atoms with Gasteiger partial charge >= 0.3 is 5.97 Å². The number of nitrogens with zero attached hydrogens (tertiary/aromatic N) is 2. The zero-order valence-electron chi connectivity index (χ0n) is 22.3. The van der Waals surface area contributed by atoms with Crippen LogP contribution in [-0.4, -0.2) is 46.5 Å². The van der Waals surface area contributed by atoms with E-state index in [-0.39, 0.29) is 17.3 Å². The van der Waals surface area contributed by atoms with Crippen LogP contribution in [0.15, 0.2) is 89.5 Å². The van der Waals surface area contributed by atoms with Gasteiger partial charge in [-0.15, -0.1) is 0 Å². The lowest BCUT2D eigenvalue weighted by Crippen LogP contribution is -2.50. The van der Waals surface area contributed by atoms with E-state index in [1.807, 2.05) is 62.3 Å². The fourth-order valence-corrected chi connectivity index (χ4v) is 7.07. The number of allylic oxidation sites excluding steroid dienone is 1. The van der Waals surface area contributed by atoms with Crippen molar-refractivity contribution in [2.24, 2.45) is 5.92 Å². The first-order valence-corrected chi connectivity index (χ1v) is 14.3. The summed E-state index contributed by atoms with van der Waals surface area (Å²) in [6.45, 7) is 3.75. The van der Waals surface area contributed by atoms with Crippen molar-refractivity contribution in [2.75, 3.05) is 29.9 Å². The van der Waals surface area contributed by atoms with Gasteiger partial charge in [-0.25, -0.2) is 13.2 Å². The SMILES string of the molecule is CCOC(=O)C1=C[C@@H]2c3ccccc3N(S(=O)(=O)c3ccc(C)cc3)[C@H](c3ccc(N(C)C)cc3)[C@H]2[C@@H](O)O1. The van der Waals surface area contributed by atoms with Gasteiger partial charge in [0.1, 0.15) is 0 Å². The van der Waals surface area contributed by atoms with Crippen LogP contribution in [0.3, 0.4) is 0 Å². The molecule has 5 rings (SSSR count). The molecule has 0 bridgehead atoms. The number of aliphatic hydroxyl groups is 1. The van der Waals surface area contributed by atoms with Crippen molar-refractivity contribution in [2.45, 2.75) is 37.0 Å². The Balaban J connectivity index is 1.75. The summed E-state index contributed by atoms with van der Waals surface area (Å²) < 4.78 is 41.0. The van der Waals surface area contributed by atoms with Crippen LogP contribution in [0.2, 0.25) is 0 Å². The highest BCUT2D eigenvalue weighted by Gasteiger charge is 2.52. The molecular weight excluding hydrogens is 516 g/mol. The quantitative estimate of drug-likeness (QED) is 0.453. The van der Waals surface area contributed by atoms with E-state index in [0.717, 1.165) is 11.3 Å². The minimum absolute atomic E-state index is 0.0862. The second kappa shape index (κ2) is 10.4. The number of rotatable bonds is 6. The van der Waals surface area contributed by atoms with Crippen LogP contribution in [-0.2, 0) is 24.3 Å². The molecule has 9 heteroatoms. The molecule has 0 saturated carbocycles. The Morgan fingerprint density at radius 1 is 1.03 bits per heavy atom. The van der Waals surface area contributed by atoms with E-state index >= 15 is 0 Å². The average Bonchev–Trinajstić information content (AvgIpc) is 2.92. The van der Waals surface area contributed by atoms with Gasteiger partial charge in [-0.05, 0) is 61.4 Å². The highest BCUT2D eigenvalue weighted by molar-refractivity contribution is 7.92. The predicted molar refractivity (Wildman–Crippen MR) is 149 cm³/mol. The van der Waals surface area contributed by atoms with E-state index in [2.05, 4.69) is 0 Å². The third kappa shape index (κ3) is 4.77. The number of fused-ring (bicyclic) bond motifs is 3. The number of carbonyl (C=O) groups excluding carboxylic acids is 1. The van der Waals surface area contributed by atoms with Crippen LogP contribution >= 0.6 is 0 Å². The molecule has 2 aliphatic heterocycles. The minimum atomic E-state index is -4.08. The average molecular weight is 549 g/mol. The summed E-state index contributed by atoms with van der Waals surface area (Å²) in [4.78, 5) is 14.7. The molecular formula is C30H32N2O6S. The number of ether oxygens (including phenoxy) is 2. The van der Waals surface area contributed by atoms with Crippen LogP contribution in [0.1, 0.15) is 35.6 Å². The molecule has 0 aliphatic carbocycles. The van der Waals surface area contributed by atoms with Crippen molar-refractivity contribution in [1.29, 1.82) is 0 Å². The summed E-state index contributed by atoms with van der Waals surface area (Å²) in [5.41, 5.74) is 3.73. The summed E-state index contributed by atoms with van der Waals surface area (Å²) >= 11 is 0. The van der Waals surface area contributed by atoms with Crippen molar-refractivity contribution < 1.29 is 27.8 Å². The van der Waals surface area contributed by atoms with Gasteiger partial charge in [0.05, 0.1) is 29.1 Å². The number of hydrogen-bond donors (Lipinski definition) is 1. The third-order valence-electron chi connectivity index (χ3n) is 7.28. The zero-order valence-corrected chi connectivity index (χ0v) is 23.1. The van der Waals surface area contributed by atoms with Gasteiger partial charge in [0.25, 0.3) is 10.0 Å². The van der Waals surface area contributed by atoms with Crippen LogP contribution in [0.4, 0.5) is 11.4 Å². The van der Waals surface area contributed by atoms with Crippen LogP contribution in [0.25, 0.3) is 0 Å². The normalized spacial score (nSPS) is 22.2. The Labute approximate surface area is 229 Å². The molecule has 0 amide bonds. The highest BCUT2D eigenvalue weighted by Crippen LogP contribution is 2.54. The maximum atomic E-state index is 14.4. The molecule has 1 N–H and O–H groups in total. The van der Waals surface area contributed by atoms with Gasteiger partial charge < -0.3 is 19.5 Å². The summed E-state index contributed by atoms with van der Waals surface area (Å²) in [5, 5.41) is 11.4. The number of para-hydroxylation sites is 1. The van der Waals surface area contributed by atoms with Gasteiger partial charge in [0.15, 0.2) is 0 Å². The Morgan fingerprint density at radius 2 is 1.69 bits per heavy atom. The summed E-state index contributed by atoms with van der Waals surface area (Å²) in [5.74, 6) is -2.01. The lowest BCUT2D eigenvalue weighted by atomic mass is 9.73. The second-order valence-electron chi connectivity index (χ2n) is 9.97. The molecule has 0 fully saturated rings. The van der Waals surface area contributed by atoms with Crippen molar-refractivity contribution in [1.82, 2.24) is 0 Å². The largest absolute Gasteiger partial charge is 0.460 e. The molecule has 204 valence electrons. The summed E-state index contributed by atoms with van der Waals surface area (Å²) in [6.07, 6.45) is 0.174. The third-order valence-corrected chi connectivity index (χ3v) is 9.09. The van der Waals surface area contributed by atoms with Crippen molar-refractivity contribution in [3.63, 3.8) is 0 Å². The van der Waals surface area contributed by atoms with Gasteiger partial charge in [0.2, 0.25) is 12.0 Å². The van der Waals surface area contributed by atoms with Gasteiger partial charge in [-0.1, -0.05) is 48.0 Å². The van der Waals surface area contributed by atoms with Crippen LogP contribution in [0, 0.1) is 12.8 Å². The standard InChI is InChI=1S/C30H32N2O6S/c1-5-37-29(33)26-18-24-23-8-6-7-9-25(23)32(39(35,36)22-16-10-19(2)11-17-22)28(27(24)30(34)38-26)20-12-14-21(15-13-20)31(3)4/h6-18,24,27-28,30,34H,5H2,1-4H3/t24-,27+,28-,30+/m1/s1. The molecule has 0 unspecified atom stereocenters. The molecule has 2 heterocycles. The van der Waals surface area contributed by atoms with Crippen molar-refractivity contribution in [3.05, 3.63) is 101 Å². The molecule has 0 spiro atoms. The molecule has 0 aromatic heterocycles. The van der Waals surface area contributed by atoms with Crippen LogP contribution < -0.4 is 9.21 Å². The molecule has 3 aromatic carbocycles. The van der Waals surface area contributed by atoms with E-state index in [4.69, 9.17) is 9.47 Å². The second-order valence-corrected chi connectivity index (χ2v) is 11.8. The monoisotopic (exact) mass is 548 g/mol. The number of aryl methyl sites for hydroxylation is 1. The first kappa shape index (κ1) is 26.8. The lowest BCUT2D eigenvalue weighted by molar-refractivity contribution is -0.161. The maximum absolute atomic E-state index is 14.4. The fourth-order valence-electron chi connectivity index (χ4n) is 5.37. The van der Waals surface area contributed by atoms with E-state index < -0.39 is 40.2 Å². The van der Waals surface area contributed by atoms with Gasteiger partial charge in [-0.3, -0.25) is 4.31 Å². The Bertz CT molecular complexity index is 1500. The Morgan fingerprint density at radius 3 is 2.33 bits per heavy atom. The molecule has 0 radical (unpaired) electrons. The van der Waals surface area contributed by atoms with Crippen molar-refractivity contribution in [3.8, 4) is 0 Å². The maximum Gasteiger partial charge on any atom is 0.373 e. The predicted octanol–water partition coefficient (Wildman–Crippen LogP) is 4.51. The Hall–Kier alpha value is -3.82. The summed E-state index contributed by atoms with van der Waals surface area (Å²) in [7, 11) is -0.230. The smallest absolute Gasteiger partial charge is 0.373 e. The number of esters is 1. The van der Waals surface area contributed by atoms with E-state index in [0.29, 0.717) is 16.8 Å². The first-order valence-electron chi connectivity index (χ1n) is 12.8. The van der Waals surface area contributed by atoms with E-state index in [1.165, 1.54) is 4.31 Å². The lowest BCUT2D eigenvalue weighted by Gasteiger charge is -2.48. The minimum Gasteiger partial charge on any atom is -0.460 e. The number of benzene rings is 3. The molecule has 4 atom stereocenters. The Kier molecular flexibility index (Phi) is 7.13. The zero-order chi connectivity index (χ0) is 27.9. The molecule has 0 saturated heterocycles.